The molecule has 1 aromatic rings. The van der Waals surface area contributed by atoms with Crippen molar-refractivity contribution in [2.75, 3.05) is 0 Å². The van der Waals surface area contributed by atoms with Crippen LogP contribution >= 0.6 is 0 Å². The zero-order chi connectivity index (χ0) is 9.84. The molecular formula is C12H18O. The standard InChI is InChI=1S/C12H18O/c1-9(2)12-7-5-4-6-11(12)8-10(3)13/h4-7,9-10,13H,8H2,1-3H3. The SMILES string of the molecule is CC(O)Cc1ccccc1C(C)C. The molecule has 1 nitrogen and oxygen atoms in total. The van der Waals surface area contributed by atoms with Crippen LogP contribution in [-0.2, 0) is 6.42 Å². The van der Waals surface area contributed by atoms with Crippen molar-refractivity contribution in [2.24, 2.45) is 0 Å². The molecule has 1 heteroatoms. The summed E-state index contributed by atoms with van der Waals surface area (Å²) < 4.78 is 0. The van der Waals surface area contributed by atoms with Gasteiger partial charge in [0.15, 0.2) is 0 Å². The van der Waals surface area contributed by atoms with Crippen molar-refractivity contribution in [3.8, 4) is 0 Å². The van der Waals surface area contributed by atoms with Crippen molar-refractivity contribution < 1.29 is 5.11 Å². The van der Waals surface area contributed by atoms with Gasteiger partial charge in [0.25, 0.3) is 0 Å². The Bertz CT molecular complexity index is 264. The molecular weight excluding hydrogens is 160 g/mol. The first kappa shape index (κ1) is 10.3. The summed E-state index contributed by atoms with van der Waals surface area (Å²) in [6.45, 7) is 6.19. The van der Waals surface area contributed by atoms with E-state index >= 15 is 0 Å². The number of rotatable bonds is 3. The van der Waals surface area contributed by atoms with E-state index in [1.54, 1.807) is 0 Å². The van der Waals surface area contributed by atoms with E-state index in [-0.39, 0.29) is 6.10 Å². The smallest absolute Gasteiger partial charge is 0.0552 e. The molecule has 0 radical (unpaired) electrons. The zero-order valence-electron chi connectivity index (χ0n) is 8.62. The van der Waals surface area contributed by atoms with Crippen molar-refractivity contribution in [1.29, 1.82) is 0 Å². The molecule has 0 spiro atoms. The molecule has 1 atom stereocenters. The van der Waals surface area contributed by atoms with Gasteiger partial charge >= 0.3 is 0 Å². The molecule has 1 aromatic carbocycles. The summed E-state index contributed by atoms with van der Waals surface area (Å²) in [5, 5.41) is 9.31. The van der Waals surface area contributed by atoms with Gasteiger partial charge in [-0.05, 0) is 30.4 Å². The molecule has 0 heterocycles. The Morgan fingerprint density at radius 1 is 1.15 bits per heavy atom. The Morgan fingerprint density at radius 2 is 1.77 bits per heavy atom. The third kappa shape index (κ3) is 2.85. The lowest BCUT2D eigenvalue weighted by molar-refractivity contribution is 0.195. The summed E-state index contributed by atoms with van der Waals surface area (Å²) in [7, 11) is 0. The second-order valence-electron chi connectivity index (χ2n) is 3.91. The molecule has 0 amide bonds. The molecule has 1 N–H and O–H groups in total. The van der Waals surface area contributed by atoms with Gasteiger partial charge < -0.3 is 5.11 Å². The Morgan fingerprint density at radius 3 is 2.31 bits per heavy atom. The Hall–Kier alpha value is -0.820. The number of hydrogen-bond acceptors (Lipinski definition) is 1. The molecule has 0 aliphatic carbocycles. The Labute approximate surface area is 80.4 Å². The third-order valence-corrected chi connectivity index (χ3v) is 2.19. The average molecular weight is 178 g/mol. The molecule has 13 heavy (non-hydrogen) atoms. The van der Waals surface area contributed by atoms with E-state index in [1.807, 2.05) is 13.0 Å². The molecule has 72 valence electrons. The lowest BCUT2D eigenvalue weighted by Gasteiger charge is -2.13. The van der Waals surface area contributed by atoms with E-state index in [0.29, 0.717) is 5.92 Å². The molecule has 0 aliphatic rings. The summed E-state index contributed by atoms with van der Waals surface area (Å²) in [5.74, 6) is 0.537. The molecule has 1 unspecified atom stereocenters. The van der Waals surface area contributed by atoms with Crippen LogP contribution in [0.4, 0.5) is 0 Å². The largest absolute Gasteiger partial charge is 0.393 e. The highest BCUT2D eigenvalue weighted by atomic mass is 16.3. The first-order valence-corrected chi connectivity index (χ1v) is 4.87. The van der Waals surface area contributed by atoms with Gasteiger partial charge in [0.2, 0.25) is 0 Å². The topological polar surface area (TPSA) is 20.2 Å². The lowest BCUT2D eigenvalue weighted by Crippen LogP contribution is -2.07. The highest BCUT2D eigenvalue weighted by molar-refractivity contribution is 5.30. The normalized spacial score (nSPS) is 13.3. The summed E-state index contributed by atoms with van der Waals surface area (Å²) in [4.78, 5) is 0. The van der Waals surface area contributed by atoms with Crippen molar-refractivity contribution in [3.63, 3.8) is 0 Å². The predicted molar refractivity (Wildman–Crippen MR) is 55.9 cm³/mol. The first-order chi connectivity index (χ1) is 6.11. The van der Waals surface area contributed by atoms with E-state index in [0.717, 1.165) is 6.42 Å². The lowest BCUT2D eigenvalue weighted by atomic mass is 9.94. The monoisotopic (exact) mass is 178 g/mol. The van der Waals surface area contributed by atoms with E-state index < -0.39 is 0 Å². The van der Waals surface area contributed by atoms with E-state index in [2.05, 4.69) is 32.0 Å². The Kier molecular flexibility index (Phi) is 3.49. The summed E-state index contributed by atoms with van der Waals surface area (Å²) in [6.07, 6.45) is 0.508. The minimum Gasteiger partial charge on any atom is -0.393 e. The molecule has 0 aromatic heterocycles. The summed E-state index contributed by atoms with van der Waals surface area (Å²) in [5.41, 5.74) is 2.62. The van der Waals surface area contributed by atoms with Crippen LogP contribution in [0.3, 0.4) is 0 Å². The average Bonchev–Trinajstić information content (AvgIpc) is 2.03. The zero-order valence-corrected chi connectivity index (χ0v) is 8.62. The number of aliphatic hydroxyl groups excluding tert-OH is 1. The van der Waals surface area contributed by atoms with Crippen molar-refractivity contribution in [3.05, 3.63) is 35.4 Å². The maximum Gasteiger partial charge on any atom is 0.0552 e. The molecule has 0 fully saturated rings. The number of benzene rings is 1. The number of aliphatic hydroxyl groups is 1. The maximum absolute atomic E-state index is 9.31. The van der Waals surface area contributed by atoms with Gasteiger partial charge in [-0.3, -0.25) is 0 Å². The van der Waals surface area contributed by atoms with Gasteiger partial charge in [0.05, 0.1) is 6.10 Å². The van der Waals surface area contributed by atoms with E-state index in [4.69, 9.17) is 0 Å². The van der Waals surface area contributed by atoms with Gasteiger partial charge in [0.1, 0.15) is 0 Å². The van der Waals surface area contributed by atoms with Crippen LogP contribution < -0.4 is 0 Å². The number of hydrogen-bond donors (Lipinski definition) is 1. The molecule has 0 saturated carbocycles. The third-order valence-electron chi connectivity index (χ3n) is 2.19. The second kappa shape index (κ2) is 4.43. The van der Waals surface area contributed by atoms with E-state index in [1.165, 1.54) is 11.1 Å². The van der Waals surface area contributed by atoms with Crippen LogP contribution in [0, 0.1) is 0 Å². The summed E-state index contributed by atoms with van der Waals surface area (Å²) >= 11 is 0. The van der Waals surface area contributed by atoms with Gasteiger partial charge in [-0.15, -0.1) is 0 Å². The molecule has 0 bridgehead atoms. The van der Waals surface area contributed by atoms with Crippen molar-refractivity contribution in [1.82, 2.24) is 0 Å². The summed E-state index contributed by atoms with van der Waals surface area (Å²) in [6, 6.07) is 8.33. The fourth-order valence-electron chi connectivity index (χ4n) is 1.60. The maximum atomic E-state index is 9.31. The van der Waals surface area contributed by atoms with Gasteiger partial charge in [-0.1, -0.05) is 38.1 Å². The van der Waals surface area contributed by atoms with Crippen LogP contribution in [0.25, 0.3) is 0 Å². The van der Waals surface area contributed by atoms with Crippen molar-refractivity contribution >= 4 is 0 Å². The van der Waals surface area contributed by atoms with Gasteiger partial charge in [-0.25, -0.2) is 0 Å². The first-order valence-electron chi connectivity index (χ1n) is 4.87. The molecule has 0 aliphatic heterocycles. The van der Waals surface area contributed by atoms with E-state index in [9.17, 15) is 5.11 Å². The van der Waals surface area contributed by atoms with Crippen LogP contribution in [0.1, 0.15) is 37.8 Å². The fraction of sp³-hybridized carbons (Fsp3) is 0.500. The highest BCUT2D eigenvalue weighted by Gasteiger charge is 2.07. The van der Waals surface area contributed by atoms with Gasteiger partial charge in [-0.2, -0.15) is 0 Å². The van der Waals surface area contributed by atoms with Crippen LogP contribution in [0.2, 0.25) is 0 Å². The van der Waals surface area contributed by atoms with Crippen LogP contribution in [0.15, 0.2) is 24.3 Å². The minimum atomic E-state index is -0.250. The Balaban J connectivity index is 2.91. The fourth-order valence-corrected chi connectivity index (χ4v) is 1.60. The quantitative estimate of drug-likeness (QED) is 0.754. The van der Waals surface area contributed by atoms with Gasteiger partial charge in [0, 0.05) is 0 Å². The van der Waals surface area contributed by atoms with Crippen LogP contribution in [0.5, 0.6) is 0 Å². The minimum absolute atomic E-state index is 0.250. The predicted octanol–water partition coefficient (Wildman–Crippen LogP) is 2.73. The van der Waals surface area contributed by atoms with Crippen LogP contribution in [-0.4, -0.2) is 11.2 Å². The van der Waals surface area contributed by atoms with Crippen molar-refractivity contribution in [2.45, 2.75) is 39.2 Å². The highest BCUT2D eigenvalue weighted by Crippen LogP contribution is 2.20. The molecule has 1 rings (SSSR count). The molecule has 0 saturated heterocycles. The second-order valence-corrected chi connectivity index (χ2v) is 3.91.